The van der Waals surface area contributed by atoms with E-state index in [9.17, 15) is 52.7 Å². The Morgan fingerprint density at radius 2 is 0.705 bits per heavy atom. The van der Waals surface area contributed by atoms with Gasteiger partial charge in [0, 0.05) is 11.6 Å². The van der Waals surface area contributed by atoms with Gasteiger partial charge in [-0.3, -0.25) is 4.98 Å². The van der Waals surface area contributed by atoms with Crippen molar-refractivity contribution in [2.24, 2.45) is 0 Å². The predicted octanol–water partition coefficient (Wildman–Crippen LogP) is 8.30. The normalized spacial score (nSPS) is 11.7. The van der Waals surface area contributed by atoms with Crippen molar-refractivity contribution >= 4 is 34.1 Å². The van der Waals surface area contributed by atoms with E-state index in [4.69, 9.17) is 0 Å². The van der Waals surface area contributed by atoms with E-state index >= 15 is 35.1 Å². The van der Waals surface area contributed by atoms with Crippen LogP contribution in [0, 0.1) is 116 Å². The van der Waals surface area contributed by atoms with Gasteiger partial charge >= 0.3 is 0 Å². The third-order valence-electron chi connectivity index (χ3n) is 9.11. The smallest absolute Gasteiger partial charge is 0.223 e. The van der Waals surface area contributed by atoms with Crippen LogP contribution in [0.5, 0.6) is 0 Å². The van der Waals surface area contributed by atoms with Crippen LogP contribution in [0.15, 0.2) is 55.0 Å². The summed E-state index contributed by atoms with van der Waals surface area (Å²) in [5.74, 6) is -71.4. The lowest BCUT2D eigenvalue weighted by Gasteiger charge is -2.44. The SMILES string of the molecule is CC=Cc1cncc[n+]1Cc1ccccc1.Fc1c(F)c(F)c([B-](c2c(F)c(F)c(F)c(F)c2F)(c2c(F)c(F)c(F)c(F)c2F)c2c(F)c(F)c(F)c(F)c2F)c(F)c1F. The van der Waals surface area contributed by atoms with Crippen LogP contribution in [0.3, 0.4) is 0 Å². The summed E-state index contributed by atoms with van der Waals surface area (Å²) in [7, 11) is 0. The molecule has 0 bridgehead atoms. The van der Waals surface area contributed by atoms with Crippen LogP contribution < -0.4 is 26.4 Å². The quantitative estimate of drug-likeness (QED) is 0.0519. The monoisotopic (exact) mass is 890 g/mol. The molecule has 0 aliphatic carbocycles. The summed E-state index contributed by atoms with van der Waals surface area (Å²) in [5, 5.41) is 0. The van der Waals surface area contributed by atoms with Crippen LogP contribution in [0.25, 0.3) is 6.08 Å². The Labute approximate surface area is 327 Å². The molecule has 0 unspecified atom stereocenters. The van der Waals surface area contributed by atoms with Gasteiger partial charge in [-0.1, -0.05) is 36.4 Å². The van der Waals surface area contributed by atoms with Gasteiger partial charge in [-0.05, 0) is 6.92 Å². The first kappa shape index (κ1) is 45.7. The molecule has 0 radical (unpaired) electrons. The molecule has 5 aromatic carbocycles. The summed E-state index contributed by atoms with van der Waals surface area (Å²) >= 11 is 0. The molecule has 1 aromatic heterocycles. The summed E-state index contributed by atoms with van der Waals surface area (Å²) in [5.41, 5.74) is -11.9. The molecule has 0 aliphatic rings. The number of halogens is 20. The molecule has 6 aromatic rings. The average Bonchev–Trinajstić information content (AvgIpc) is 3.25. The van der Waals surface area contributed by atoms with Crippen LogP contribution in [-0.4, -0.2) is 11.1 Å². The van der Waals surface area contributed by atoms with E-state index in [1.54, 1.807) is 0 Å². The first-order valence-corrected chi connectivity index (χ1v) is 16.3. The second-order valence-electron chi connectivity index (χ2n) is 12.4. The Balaban J connectivity index is 0.000000366. The van der Waals surface area contributed by atoms with Crippen molar-refractivity contribution in [2.75, 3.05) is 0 Å². The zero-order valence-electron chi connectivity index (χ0n) is 29.5. The molecule has 61 heavy (non-hydrogen) atoms. The fraction of sp³-hybridized carbons (Fsp3) is 0.0526. The lowest BCUT2D eigenvalue weighted by atomic mass is 9.12. The van der Waals surface area contributed by atoms with Crippen molar-refractivity contribution in [3.05, 3.63) is 183 Å². The maximum absolute atomic E-state index is 15.4. The van der Waals surface area contributed by atoms with E-state index in [-0.39, 0.29) is 0 Å². The zero-order valence-corrected chi connectivity index (χ0v) is 29.5. The summed E-state index contributed by atoms with van der Waals surface area (Å²) in [4.78, 5) is 4.13. The van der Waals surface area contributed by atoms with E-state index in [0.717, 1.165) is 12.2 Å². The maximum Gasteiger partial charge on any atom is 0.223 e. The lowest BCUT2D eigenvalue weighted by Crippen LogP contribution is -2.81. The van der Waals surface area contributed by atoms with Gasteiger partial charge in [0.25, 0.3) is 0 Å². The highest BCUT2D eigenvalue weighted by molar-refractivity contribution is 7.20. The van der Waals surface area contributed by atoms with Gasteiger partial charge in [-0.25, -0.2) is 87.8 Å². The predicted molar refractivity (Wildman–Crippen MR) is 174 cm³/mol. The summed E-state index contributed by atoms with van der Waals surface area (Å²) in [6, 6.07) is 10.4. The van der Waals surface area contributed by atoms with Crippen LogP contribution in [0.4, 0.5) is 87.8 Å². The Morgan fingerprint density at radius 1 is 0.426 bits per heavy atom. The highest BCUT2D eigenvalue weighted by Crippen LogP contribution is 2.30. The zero-order chi connectivity index (χ0) is 45.6. The highest BCUT2D eigenvalue weighted by Gasteiger charge is 2.52. The van der Waals surface area contributed by atoms with Crippen LogP contribution >= 0.6 is 0 Å². The minimum absolute atomic E-state index is 0.878. The van der Waals surface area contributed by atoms with Gasteiger partial charge in [0.05, 0.1) is 12.4 Å². The molecule has 0 amide bonds. The Kier molecular flexibility index (Phi) is 12.9. The molecule has 0 atom stereocenters. The molecule has 23 heteroatoms. The minimum Gasteiger partial charge on any atom is -0.252 e. The molecule has 0 N–H and O–H groups in total. The second-order valence-corrected chi connectivity index (χ2v) is 12.4. The summed E-state index contributed by atoms with van der Waals surface area (Å²) in [6.07, 6.45) is 2.57. The van der Waals surface area contributed by atoms with E-state index in [1.165, 1.54) is 5.56 Å². The van der Waals surface area contributed by atoms with Crippen LogP contribution in [0.2, 0.25) is 0 Å². The molecule has 0 saturated carbocycles. The van der Waals surface area contributed by atoms with Crippen molar-refractivity contribution in [3.63, 3.8) is 0 Å². The first-order chi connectivity index (χ1) is 28.6. The molecule has 2 nitrogen and oxygen atoms in total. The fourth-order valence-electron chi connectivity index (χ4n) is 6.51. The Bertz CT molecular complexity index is 2360. The fourth-order valence-corrected chi connectivity index (χ4v) is 6.51. The largest absolute Gasteiger partial charge is 0.252 e. The maximum atomic E-state index is 15.4. The van der Waals surface area contributed by atoms with Crippen LogP contribution in [-0.2, 0) is 6.54 Å². The van der Waals surface area contributed by atoms with Crippen molar-refractivity contribution in [3.8, 4) is 0 Å². The summed E-state index contributed by atoms with van der Waals surface area (Å²) < 4.78 is 296. The molecule has 1 heterocycles. The molecule has 0 aliphatic heterocycles. The van der Waals surface area contributed by atoms with Gasteiger partial charge in [0.1, 0.15) is 52.7 Å². The molecule has 0 fully saturated rings. The van der Waals surface area contributed by atoms with E-state index in [1.807, 2.05) is 37.7 Å². The van der Waals surface area contributed by atoms with Crippen molar-refractivity contribution < 1.29 is 92.4 Å². The first-order valence-electron chi connectivity index (χ1n) is 16.3. The molecule has 320 valence electrons. The number of aromatic nitrogens is 2. The average molecular weight is 890 g/mol. The van der Waals surface area contributed by atoms with E-state index in [2.05, 4.69) is 39.9 Å². The Hall–Kier alpha value is -6.42. The van der Waals surface area contributed by atoms with E-state index < -0.39 is 144 Å². The number of nitrogens with zero attached hydrogens (tertiary/aromatic N) is 2. The topological polar surface area (TPSA) is 16.8 Å². The van der Waals surface area contributed by atoms with Gasteiger partial charge in [-0.2, -0.15) is 4.57 Å². The Morgan fingerprint density at radius 3 is 0.984 bits per heavy atom. The van der Waals surface area contributed by atoms with Gasteiger partial charge in [0.2, 0.25) is 5.69 Å². The minimum atomic E-state index is -7.22. The second kappa shape index (κ2) is 17.3. The van der Waals surface area contributed by atoms with Gasteiger partial charge in [-0.15, -0.1) is 21.9 Å². The lowest BCUT2D eigenvalue weighted by molar-refractivity contribution is -0.690. The van der Waals surface area contributed by atoms with Gasteiger partial charge < -0.3 is 0 Å². The van der Waals surface area contributed by atoms with Crippen molar-refractivity contribution in [1.82, 2.24) is 4.98 Å². The van der Waals surface area contributed by atoms with Crippen LogP contribution in [0.1, 0.15) is 18.2 Å². The molecule has 0 saturated heterocycles. The van der Waals surface area contributed by atoms with E-state index in [0.29, 0.717) is 0 Å². The third-order valence-corrected chi connectivity index (χ3v) is 9.11. The van der Waals surface area contributed by atoms with Crippen molar-refractivity contribution in [1.29, 1.82) is 0 Å². The molecule has 0 spiro atoms. The standard InChI is InChI=1S/C24BF20.C14H15N2/c26-5-1(6(27)14(35)21(42)13(5)34)25(2-7(28)15(36)22(43)16(37)8(2)29,3-9(30)17(38)23(44)18(39)10(3)31)4-11(32)19(40)24(45)20(41)12(4)33;1-2-6-14-11-15-9-10-16(14)12-13-7-4-3-5-8-13/h;2-11H,12H2,1H3/q-1;+1. The number of rotatable bonds is 7. The summed E-state index contributed by atoms with van der Waals surface area (Å²) in [6.45, 7) is 2.89. The number of hydrogen-bond acceptors (Lipinski definition) is 1. The highest BCUT2D eigenvalue weighted by atomic mass is 19.2. The van der Waals surface area contributed by atoms with Crippen molar-refractivity contribution in [2.45, 2.75) is 13.5 Å². The number of benzene rings is 5. The third kappa shape index (κ3) is 7.32. The van der Waals surface area contributed by atoms with Gasteiger partial charge in [0.15, 0.2) is 82.5 Å². The molecule has 6 rings (SSSR count). The molecular weight excluding hydrogens is 875 g/mol. The molecular formula is C38H15BF20N2. The number of hydrogen-bond donors (Lipinski definition) is 0. The number of allylic oxidation sites excluding steroid dienone is 1.